The topological polar surface area (TPSA) is 90.4 Å². The Balaban J connectivity index is 2.64. The lowest BCUT2D eigenvalue weighted by Gasteiger charge is -2.05. The molecule has 1 heterocycles. The number of aromatic carboxylic acids is 1. The molecule has 100 valence electrons. The molecule has 0 aliphatic heterocycles. The highest BCUT2D eigenvalue weighted by molar-refractivity contribution is 5.97. The second-order valence-corrected chi connectivity index (χ2v) is 3.89. The second-order valence-electron chi connectivity index (χ2n) is 3.89. The molecule has 6 nitrogen and oxygen atoms in total. The van der Waals surface area contributed by atoms with Gasteiger partial charge < -0.3 is 15.6 Å². The summed E-state index contributed by atoms with van der Waals surface area (Å²) in [5.74, 6) is -1.59. The predicted octanol–water partition coefficient (Wildman–Crippen LogP) is 1.52. The van der Waals surface area contributed by atoms with Crippen LogP contribution in [0, 0.1) is 5.82 Å². The smallest absolute Gasteiger partial charge is 0.357 e. The number of aromatic nitrogens is 2. The van der Waals surface area contributed by atoms with Crippen LogP contribution in [-0.4, -0.2) is 28.0 Å². The van der Waals surface area contributed by atoms with Crippen molar-refractivity contribution >= 4 is 11.8 Å². The summed E-state index contributed by atoms with van der Waals surface area (Å²) in [7, 11) is 2.87. The number of nitrogens with two attached hydrogens (primary N) is 1. The minimum Gasteiger partial charge on any atom is -0.494 e. The van der Waals surface area contributed by atoms with Gasteiger partial charge in [0.2, 0.25) is 0 Å². The predicted molar refractivity (Wildman–Crippen MR) is 66.5 cm³/mol. The highest BCUT2D eigenvalue weighted by atomic mass is 19.1. The van der Waals surface area contributed by atoms with E-state index in [1.165, 1.54) is 37.0 Å². The van der Waals surface area contributed by atoms with Crippen LogP contribution in [0.3, 0.4) is 0 Å². The molecule has 0 saturated carbocycles. The van der Waals surface area contributed by atoms with Crippen LogP contribution in [0.5, 0.6) is 5.75 Å². The first-order valence-corrected chi connectivity index (χ1v) is 5.35. The van der Waals surface area contributed by atoms with Crippen LogP contribution in [0.15, 0.2) is 18.2 Å². The van der Waals surface area contributed by atoms with Crippen LogP contribution in [0.4, 0.5) is 10.2 Å². The van der Waals surface area contributed by atoms with Gasteiger partial charge in [0.25, 0.3) is 0 Å². The maximum Gasteiger partial charge on any atom is 0.357 e. The number of rotatable bonds is 3. The van der Waals surface area contributed by atoms with Crippen molar-refractivity contribution in [1.29, 1.82) is 0 Å². The number of ether oxygens (including phenoxy) is 1. The number of carboxylic acid groups (broad SMARTS) is 1. The van der Waals surface area contributed by atoms with Crippen molar-refractivity contribution in [2.75, 3.05) is 12.8 Å². The number of benzene rings is 1. The average Bonchev–Trinajstić information content (AvgIpc) is 2.66. The Kier molecular flexibility index (Phi) is 3.12. The Labute approximate surface area is 108 Å². The molecule has 1 aromatic carbocycles. The average molecular weight is 265 g/mol. The first-order valence-electron chi connectivity index (χ1n) is 5.35. The fourth-order valence-electron chi connectivity index (χ4n) is 1.79. The van der Waals surface area contributed by atoms with Gasteiger partial charge in [-0.1, -0.05) is 6.07 Å². The van der Waals surface area contributed by atoms with Crippen LogP contribution in [-0.2, 0) is 7.05 Å². The van der Waals surface area contributed by atoms with Gasteiger partial charge in [0.15, 0.2) is 17.3 Å². The Morgan fingerprint density at radius 2 is 2.21 bits per heavy atom. The summed E-state index contributed by atoms with van der Waals surface area (Å²) in [4.78, 5) is 11.1. The molecule has 0 aliphatic rings. The summed E-state index contributed by atoms with van der Waals surface area (Å²) >= 11 is 0. The van der Waals surface area contributed by atoms with Gasteiger partial charge in [0, 0.05) is 7.05 Å². The van der Waals surface area contributed by atoms with E-state index in [9.17, 15) is 9.18 Å². The van der Waals surface area contributed by atoms with E-state index in [4.69, 9.17) is 15.6 Å². The van der Waals surface area contributed by atoms with E-state index in [2.05, 4.69) is 5.10 Å². The summed E-state index contributed by atoms with van der Waals surface area (Å²) in [6.07, 6.45) is 0. The number of nitrogen functional groups attached to an aromatic ring is 1. The number of nitrogens with zero attached hydrogens (tertiary/aromatic N) is 2. The van der Waals surface area contributed by atoms with E-state index in [1.54, 1.807) is 0 Å². The van der Waals surface area contributed by atoms with Crippen molar-refractivity contribution in [1.82, 2.24) is 9.78 Å². The fourth-order valence-corrected chi connectivity index (χ4v) is 1.79. The Hall–Kier alpha value is -2.57. The number of hydrogen-bond acceptors (Lipinski definition) is 4. The van der Waals surface area contributed by atoms with Gasteiger partial charge in [0.05, 0.1) is 12.7 Å². The van der Waals surface area contributed by atoms with Crippen molar-refractivity contribution in [3.8, 4) is 16.9 Å². The lowest BCUT2D eigenvalue weighted by atomic mass is 10.0. The molecule has 0 saturated heterocycles. The summed E-state index contributed by atoms with van der Waals surface area (Å²) < 4.78 is 19.7. The zero-order chi connectivity index (χ0) is 14.2. The quantitative estimate of drug-likeness (QED) is 0.878. The lowest BCUT2D eigenvalue weighted by molar-refractivity contribution is 0.0690. The highest BCUT2D eigenvalue weighted by Gasteiger charge is 2.21. The largest absolute Gasteiger partial charge is 0.494 e. The van der Waals surface area contributed by atoms with Crippen LogP contribution in [0.2, 0.25) is 0 Å². The molecule has 3 N–H and O–H groups in total. The second kappa shape index (κ2) is 4.60. The molecular formula is C12H12FN3O3. The number of halogens is 1. The van der Waals surface area contributed by atoms with Gasteiger partial charge in [-0.3, -0.25) is 4.68 Å². The summed E-state index contributed by atoms with van der Waals surface area (Å²) in [5.41, 5.74) is 6.09. The molecule has 19 heavy (non-hydrogen) atoms. The monoisotopic (exact) mass is 265 g/mol. The standard InChI is InChI=1S/C12H12FN3O3/c1-16-11(14)9(10(15-16)12(17)18)6-3-4-8(19-2)7(13)5-6/h3-5H,14H2,1-2H3,(H,17,18). The third-order valence-electron chi connectivity index (χ3n) is 2.73. The van der Waals surface area contributed by atoms with Crippen LogP contribution >= 0.6 is 0 Å². The van der Waals surface area contributed by atoms with Crippen LogP contribution in [0.1, 0.15) is 10.5 Å². The zero-order valence-electron chi connectivity index (χ0n) is 10.3. The first kappa shape index (κ1) is 12.9. The van der Waals surface area contributed by atoms with E-state index in [0.717, 1.165) is 0 Å². The SMILES string of the molecule is COc1ccc(-c2c(C(=O)O)nn(C)c2N)cc1F. The summed E-state index contributed by atoms with van der Waals surface area (Å²) in [6.45, 7) is 0. The number of aryl methyl sites for hydroxylation is 1. The molecule has 0 spiro atoms. The van der Waals surface area contributed by atoms with Crippen molar-refractivity contribution < 1.29 is 19.0 Å². The minimum atomic E-state index is -1.22. The molecule has 2 rings (SSSR count). The van der Waals surface area contributed by atoms with Crippen molar-refractivity contribution in [3.63, 3.8) is 0 Å². The summed E-state index contributed by atoms with van der Waals surface area (Å²) in [6, 6.07) is 4.10. The van der Waals surface area contributed by atoms with Crippen molar-refractivity contribution in [3.05, 3.63) is 29.7 Å². The molecule has 0 atom stereocenters. The van der Waals surface area contributed by atoms with Gasteiger partial charge in [-0.15, -0.1) is 0 Å². The third kappa shape index (κ3) is 2.10. The van der Waals surface area contributed by atoms with Crippen LogP contribution < -0.4 is 10.5 Å². The van der Waals surface area contributed by atoms with Crippen molar-refractivity contribution in [2.24, 2.45) is 7.05 Å². The fraction of sp³-hybridized carbons (Fsp3) is 0.167. The molecule has 0 aliphatic carbocycles. The molecule has 0 amide bonds. The van der Waals surface area contributed by atoms with Gasteiger partial charge >= 0.3 is 5.97 Å². The molecule has 0 bridgehead atoms. The lowest BCUT2D eigenvalue weighted by Crippen LogP contribution is -2.00. The number of hydrogen-bond donors (Lipinski definition) is 2. The Bertz CT molecular complexity index is 652. The number of carbonyl (C=O) groups is 1. The van der Waals surface area contributed by atoms with E-state index < -0.39 is 11.8 Å². The number of anilines is 1. The summed E-state index contributed by atoms with van der Waals surface area (Å²) in [5, 5.41) is 12.9. The number of carboxylic acids is 1. The molecule has 2 aromatic rings. The Morgan fingerprint density at radius 3 is 2.74 bits per heavy atom. The number of methoxy groups -OCH3 is 1. The maximum absolute atomic E-state index is 13.7. The highest BCUT2D eigenvalue weighted by Crippen LogP contribution is 2.32. The molecule has 1 aromatic heterocycles. The van der Waals surface area contributed by atoms with Gasteiger partial charge in [-0.05, 0) is 17.7 Å². The van der Waals surface area contributed by atoms with Gasteiger partial charge in [0.1, 0.15) is 5.82 Å². The van der Waals surface area contributed by atoms with Gasteiger partial charge in [-0.25, -0.2) is 9.18 Å². The van der Waals surface area contributed by atoms with Crippen LogP contribution in [0.25, 0.3) is 11.1 Å². The zero-order valence-corrected chi connectivity index (χ0v) is 10.3. The minimum absolute atomic E-state index is 0.0723. The molecule has 0 fully saturated rings. The Morgan fingerprint density at radius 1 is 1.53 bits per heavy atom. The van der Waals surface area contributed by atoms with E-state index >= 15 is 0 Å². The van der Waals surface area contributed by atoms with Gasteiger partial charge in [-0.2, -0.15) is 5.10 Å². The van der Waals surface area contributed by atoms with E-state index in [1.807, 2.05) is 0 Å². The molecule has 0 radical (unpaired) electrons. The maximum atomic E-state index is 13.7. The van der Waals surface area contributed by atoms with E-state index in [-0.39, 0.29) is 22.8 Å². The third-order valence-corrected chi connectivity index (χ3v) is 2.73. The van der Waals surface area contributed by atoms with E-state index in [0.29, 0.717) is 5.56 Å². The molecule has 7 heteroatoms. The first-order chi connectivity index (χ1) is 8.95. The molecular weight excluding hydrogens is 253 g/mol. The molecule has 0 unspecified atom stereocenters. The van der Waals surface area contributed by atoms with Crippen molar-refractivity contribution in [2.45, 2.75) is 0 Å². The normalized spacial score (nSPS) is 10.5.